The molecule has 1 aliphatic carbocycles. The van der Waals surface area contributed by atoms with Crippen LogP contribution in [0.4, 0.5) is 0 Å². The maximum atomic E-state index is 6.22. The second kappa shape index (κ2) is 7.32. The molecule has 8 heteroatoms. The first kappa shape index (κ1) is 17.9. The molecule has 1 fully saturated rings. The largest absolute Gasteiger partial charge is 0.497 e. The van der Waals surface area contributed by atoms with Crippen molar-refractivity contribution in [3.63, 3.8) is 0 Å². The molecular formula is C20H20IN5O2. The Hall–Kier alpha value is -2.20. The molecule has 1 N–H and O–H groups in total. The van der Waals surface area contributed by atoms with Gasteiger partial charge in [-0.3, -0.25) is 4.40 Å². The van der Waals surface area contributed by atoms with Crippen molar-refractivity contribution in [1.29, 1.82) is 0 Å². The maximum absolute atomic E-state index is 6.22. The lowest BCUT2D eigenvalue weighted by molar-refractivity contribution is 0.0449. The van der Waals surface area contributed by atoms with Crippen molar-refractivity contribution in [1.82, 2.24) is 24.6 Å². The Balaban J connectivity index is 1.34. The van der Waals surface area contributed by atoms with E-state index in [0.717, 1.165) is 46.8 Å². The van der Waals surface area contributed by atoms with Crippen LogP contribution in [0.15, 0.2) is 42.7 Å². The number of benzene rings is 1. The quantitative estimate of drug-likeness (QED) is 0.340. The van der Waals surface area contributed by atoms with Gasteiger partial charge in [0.05, 0.1) is 31.5 Å². The predicted octanol–water partition coefficient (Wildman–Crippen LogP) is 3.88. The standard InChI is InChI=1S/C20H20IN5O2/c1-27-13-4-2-12(3-5-13)11-28-14-8-15(16(21)9-14)20-25-24-18-10-23-19-17(26(18)20)6-7-22-19/h2-7,10,14-16,22H,8-9,11H2,1H3/t14-,15-,16-/m1/s1. The summed E-state index contributed by atoms with van der Waals surface area (Å²) < 4.78 is 14.0. The number of nitrogens with zero attached hydrogens (tertiary/aromatic N) is 4. The minimum absolute atomic E-state index is 0.213. The van der Waals surface area contributed by atoms with Crippen molar-refractivity contribution in [3.8, 4) is 5.75 Å². The second-order valence-corrected chi connectivity index (χ2v) is 8.70. The molecule has 3 heterocycles. The average Bonchev–Trinajstić information content (AvgIpc) is 3.43. The zero-order valence-electron chi connectivity index (χ0n) is 15.4. The third-order valence-corrected chi connectivity index (χ3v) is 6.76. The SMILES string of the molecule is COc1ccc(CO[C@H]2C[C@@H](I)[C@H](c3nnc4cnc5[nH]ccc5n34)C2)cc1. The highest BCUT2D eigenvalue weighted by Crippen LogP contribution is 2.41. The number of H-pyrrole nitrogens is 1. The molecule has 0 aliphatic heterocycles. The van der Waals surface area contributed by atoms with Gasteiger partial charge in [-0.2, -0.15) is 0 Å². The highest BCUT2D eigenvalue weighted by molar-refractivity contribution is 14.1. The number of aromatic amines is 1. The number of methoxy groups -OCH3 is 1. The summed E-state index contributed by atoms with van der Waals surface area (Å²) >= 11 is 2.53. The van der Waals surface area contributed by atoms with E-state index in [0.29, 0.717) is 16.4 Å². The van der Waals surface area contributed by atoms with Gasteiger partial charge in [-0.15, -0.1) is 10.2 Å². The molecule has 0 amide bonds. The molecule has 0 unspecified atom stereocenters. The van der Waals surface area contributed by atoms with Gasteiger partial charge in [0, 0.05) is 16.0 Å². The highest BCUT2D eigenvalue weighted by atomic mass is 127. The molecule has 0 saturated heterocycles. The third kappa shape index (κ3) is 3.14. The van der Waals surface area contributed by atoms with Gasteiger partial charge in [0.2, 0.25) is 0 Å². The zero-order chi connectivity index (χ0) is 19.1. The summed E-state index contributed by atoms with van der Waals surface area (Å²) in [4.78, 5) is 7.57. The van der Waals surface area contributed by atoms with Crippen LogP contribution >= 0.6 is 22.6 Å². The fraction of sp³-hybridized carbons (Fsp3) is 0.350. The summed E-state index contributed by atoms with van der Waals surface area (Å²) in [7, 11) is 1.68. The molecule has 0 radical (unpaired) electrons. The number of hydrogen-bond acceptors (Lipinski definition) is 5. The monoisotopic (exact) mass is 489 g/mol. The summed E-state index contributed by atoms with van der Waals surface area (Å²) in [5.74, 6) is 2.16. The van der Waals surface area contributed by atoms with Crippen LogP contribution in [0.2, 0.25) is 0 Å². The number of hydrogen-bond donors (Lipinski definition) is 1. The van der Waals surface area contributed by atoms with Crippen LogP contribution in [0, 0.1) is 0 Å². The Labute approximate surface area is 175 Å². The van der Waals surface area contributed by atoms with E-state index in [2.05, 4.69) is 59.3 Å². The van der Waals surface area contributed by atoms with Gasteiger partial charge in [0.25, 0.3) is 0 Å². The molecule has 7 nitrogen and oxygen atoms in total. The first-order valence-corrected chi connectivity index (χ1v) is 10.5. The summed E-state index contributed by atoms with van der Waals surface area (Å²) in [6, 6.07) is 10.1. The lowest BCUT2D eigenvalue weighted by Gasteiger charge is -2.13. The van der Waals surface area contributed by atoms with Crippen molar-refractivity contribution in [2.45, 2.75) is 35.4 Å². The molecule has 144 valence electrons. The smallest absolute Gasteiger partial charge is 0.179 e. The molecule has 1 saturated carbocycles. The third-order valence-electron chi connectivity index (χ3n) is 5.38. The van der Waals surface area contributed by atoms with Crippen molar-refractivity contribution < 1.29 is 9.47 Å². The van der Waals surface area contributed by atoms with Crippen LogP contribution < -0.4 is 4.74 Å². The first-order chi connectivity index (χ1) is 13.7. The van der Waals surface area contributed by atoms with E-state index in [1.807, 2.05) is 24.4 Å². The van der Waals surface area contributed by atoms with E-state index in [4.69, 9.17) is 9.47 Å². The minimum atomic E-state index is 0.213. The van der Waals surface area contributed by atoms with Crippen LogP contribution in [-0.4, -0.2) is 41.7 Å². The number of halogens is 1. The Morgan fingerprint density at radius 1 is 1.18 bits per heavy atom. The lowest BCUT2D eigenvalue weighted by Crippen LogP contribution is -2.10. The molecule has 1 aliphatic rings. The van der Waals surface area contributed by atoms with Crippen molar-refractivity contribution in [2.75, 3.05) is 7.11 Å². The number of aromatic nitrogens is 5. The number of ether oxygens (including phenoxy) is 2. The first-order valence-electron chi connectivity index (χ1n) is 9.28. The number of rotatable bonds is 5. The molecule has 4 aromatic rings. The maximum Gasteiger partial charge on any atom is 0.179 e. The van der Waals surface area contributed by atoms with Gasteiger partial charge in [0.15, 0.2) is 11.3 Å². The van der Waals surface area contributed by atoms with Crippen LogP contribution in [0.1, 0.15) is 30.1 Å². The van der Waals surface area contributed by atoms with Crippen LogP contribution in [-0.2, 0) is 11.3 Å². The predicted molar refractivity (Wildman–Crippen MR) is 114 cm³/mol. The van der Waals surface area contributed by atoms with Crippen LogP contribution in [0.5, 0.6) is 5.75 Å². The van der Waals surface area contributed by atoms with Crippen LogP contribution in [0.25, 0.3) is 16.8 Å². The van der Waals surface area contributed by atoms with E-state index in [1.165, 1.54) is 0 Å². The topological polar surface area (TPSA) is 77.3 Å². The highest BCUT2D eigenvalue weighted by Gasteiger charge is 2.37. The molecule has 5 rings (SSSR count). The molecule has 3 atom stereocenters. The van der Waals surface area contributed by atoms with E-state index in [-0.39, 0.29) is 6.10 Å². The van der Waals surface area contributed by atoms with Crippen molar-refractivity contribution in [3.05, 3.63) is 54.1 Å². The molecule has 3 aromatic heterocycles. The van der Waals surface area contributed by atoms with Gasteiger partial charge in [-0.05, 0) is 36.6 Å². The number of alkyl halides is 1. The number of fused-ring (bicyclic) bond motifs is 3. The lowest BCUT2D eigenvalue weighted by atomic mass is 10.1. The molecule has 0 spiro atoms. The molecule has 28 heavy (non-hydrogen) atoms. The van der Waals surface area contributed by atoms with Gasteiger partial charge in [-0.25, -0.2) is 4.98 Å². The summed E-state index contributed by atoms with van der Waals surface area (Å²) in [5.41, 5.74) is 3.81. The Morgan fingerprint density at radius 2 is 2.04 bits per heavy atom. The fourth-order valence-electron chi connectivity index (χ4n) is 3.92. The Bertz CT molecular complexity index is 1110. The zero-order valence-corrected chi connectivity index (χ0v) is 17.5. The minimum Gasteiger partial charge on any atom is -0.497 e. The second-order valence-electron chi connectivity index (χ2n) is 7.10. The molecular weight excluding hydrogens is 469 g/mol. The Morgan fingerprint density at radius 3 is 2.86 bits per heavy atom. The molecule has 0 bridgehead atoms. The van der Waals surface area contributed by atoms with Crippen molar-refractivity contribution >= 4 is 39.4 Å². The van der Waals surface area contributed by atoms with E-state index in [9.17, 15) is 0 Å². The van der Waals surface area contributed by atoms with Gasteiger partial charge in [-0.1, -0.05) is 34.7 Å². The van der Waals surface area contributed by atoms with Crippen LogP contribution in [0.3, 0.4) is 0 Å². The summed E-state index contributed by atoms with van der Waals surface area (Å²) in [6.45, 7) is 0.608. The van der Waals surface area contributed by atoms with Crippen molar-refractivity contribution in [2.24, 2.45) is 0 Å². The Kier molecular flexibility index (Phi) is 4.67. The number of nitrogens with one attached hydrogen (secondary N) is 1. The van der Waals surface area contributed by atoms with Gasteiger partial charge < -0.3 is 14.5 Å². The van der Waals surface area contributed by atoms with E-state index in [1.54, 1.807) is 13.3 Å². The normalized spacial score (nSPS) is 22.3. The van der Waals surface area contributed by atoms with E-state index < -0.39 is 0 Å². The van der Waals surface area contributed by atoms with Gasteiger partial charge >= 0.3 is 0 Å². The fourth-order valence-corrected chi connectivity index (χ4v) is 5.10. The van der Waals surface area contributed by atoms with Gasteiger partial charge in [0.1, 0.15) is 11.6 Å². The summed E-state index contributed by atoms with van der Waals surface area (Å²) in [6.07, 6.45) is 5.84. The average molecular weight is 489 g/mol. The molecule has 1 aromatic carbocycles. The van der Waals surface area contributed by atoms with E-state index >= 15 is 0 Å². The summed E-state index contributed by atoms with van der Waals surface area (Å²) in [5, 5.41) is 8.86.